The van der Waals surface area contributed by atoms with Gasteiger partial charge in [0, 0.05) is 35.5 Å². The Hall–Kier alpha value is -4.11. The van der Waals surface area contributed by atoms with Crippen molar-refractivity contribution in [1.82, 2.24) is 0 Å². The first-order valence-electron chi connectivity index (χ1n) is 10.8. The molecule has 0 aliphatic rings. The minimum absolute atomic E-state index is 0. The van der Waals surface area contributed by atoms with Crippen molar-refractivity contribution >= 4 is 22.8 Å². The Labute approximate surface area is 211 Å². The lowest BCUT2D eigenvalue weighted by atomic mass is 9.98. The lowest BCUT2D eigenvalue weighted by molar-refractivity contribution is -0.385. The molecule has 3 rings (SSSR count). The van der Waals surface area contributed by atoms with Crippen molar-refractivity contribution in [1.29, 1.82) is 0 Å². The fourth-order valence-corrected chi connectivity index (χ4v) is 2.69. The van der Waals surface area contributed by atoms with Gasteiger partial charge in [-0.05, 0) is 74.2 Å². The summed E-state index contributed by atoms with van der Waals surface area (Å²) in [7, 11) is 0. The SMILES string of the molecule is C.CC(=O)c1ccc([N+](=O)[O-])cc1.CC(C)(O)c1ccc([N+](=O)[O-])cc1.CC(C)c1ccc(N)cc1. The minimum atomic E-state index is -0.949. The zero-order chi connectivity index (χ0) is 26.8. The monoisotopic (exact) mass is 497 g/mol. The zero-order valence-electron chi connectivity index (χ0n) is 20.5. The van der Waals surface area contributed by atoms with Gasteiger partial charge < -0.3 is 10.8 Å². The number of nitrogen functional groups attached to an aromatic ring is 1. The number of nitrogens with zero attached hydrogens (tertiary/aromatic N) is 2. The molecule has 0 saturated heterocycles. The van der Waals surface area contributed by atoms with E-state index in [9.17, 15) is 30.1 Å². The van der Waals surface area contributed by atoms with Crippen LogP contribution in [0.3, 0.4) is 0 Å². The summed E-state index contributed by atoms with van der Waals surface area (Å²) >= 11 is 0. The number of benzene rings is 3. The Balaban J connectivity index is 0.000000507. The van der Waals surface area contributed by atoms with E-state index in [1.807, 2.05) is 12.1 Å². The first-order chi connectivity index (χ1) is 16.2. The number of carbonyl (C=O) groups excluding carboxylic acids is 1. The van der Waals surface area contributed by atoms with Crippen LogP contribution in [0, 0.1) is 20.2 Å². The van der Waals surface area contributed by atoms with E-state index in [1.165, 1.54) is 48.9 Å². The number of Topliss-reactive ketones (excluding diaryl/α,β-unsaturated/α-hetero) is 1. The fraction of sp³-hybridized carbons (Fsp3) is 0.296. The quantitative estimate of drug-likeness (QED) is 0.173. The van der Waals surface area contributed by atoms with Crippen LogP contribution in [0.15, 0.2) is 72.8 Å². The predicted molar refractivity (Wildman–Crippen MR) is 143 cm³/mol. The maximum Gasteiger partial charge on any atom is 0.269 e. The van der Waals surface area contributed by atoms with Crippen LogP contribution in [-0.2, 0) is 5.60 Å². The number of anilines is 1. The highest BCUT2D eigenvalue weighted by atomic mass is 16.6. The fourth-order valence-electron chi connectivity index (χ4n) is 2.69. The number of ketones is 1. The third kappa shape index (κ3) is 10.9. The van der Waals surface area contributed by atoms with Crippen molar-refractivity contribution in [3.63, 3.8) is 0 Å². The van der Waals surface area contributed by atoms with Crippen LogP contribution in [0.2, 0.25) is 0 Å². The number of hydrogen-bond acceptors (Lipinski definition) is 7. The van der Waals surface area contributed by atoms with Crippen LogP contribution < -0.4 is 5.73 Å². The predicted octanol–water partition coefficient (Wildman–Crippen LogP) is 6.65. The van der Waals surface area contributed by atoms with Crippen molar-refractivity contribution in [2.45, 2.75) is 53.6 Å². The van der Waals surface area contributed by atoms with Gasteiger partial charge >= 0.3 is 0 Å². The molecular formula is C27H35N3O6. The molecule has 0 heterocycles. The van der Waals surface area contributed by atoms with Crippen LogP contribution in [-0.4, -0.2) is 20.7 Å². The van der Waals surface area contributed by atoms with Gasteiger partial charge in [0.15, 0.2) is 5.78 Å². The number of nitro benzene ring substituents is 2. The van der Waals surface area contributed by atoms with Gasteiger partial charge in [-0.3, -0.25) is 25.0 Å². The van der Waals surface area contributed by atoms with Crippen LogP contribution in [0.25, 0.3) is 0 Å². The lowest BCUT2D eigenvalue weighted by Gasteiger charge is -2.16. The number of non-ortho nitro benzene ring substituents is 2. The Morgan fingerprint density at radius 3 is 1.53 bits per heavy atom. The molecule has 9 heteroatoms. The Bertz CT molecular complexity index is 1090. The maximum atomic E-state index is 10.8. The van der Waals surface area contributed by atoms with Crippen molar-refractivity contribution in [2.24, 2.45) is 0 Å². The molecular weight excluding hydrogens is 462 g/mol. The third-order valence-corrected chi connectivity index (χ3v) is 4.87. The molecule has 0 saturated carbocycles. The molecule has 0 aliphatic carbocycles. The highest BCUT2D eigenvalue weighted by Gasteiger charge is 2.16. The molecule has 3 aromatic rings. The molecule has 3 N–H and O–H groups in total. The molecule has 0 amide bonds. The van der Waals surface area contributed by atoms with E-state index >= 15 is 0 Å². The summed E-state index contributed by atoms with van der Waals surface area (Å²) in [5.41, 5.74) is 7.94. The van der Waals surface area contributed by atoms with E-state index in [1.54, 1.807) is 26.0 Å². The summed E-state index contributed by atoms with van der Waals surface area (Å²) in [4.78, 5) is 30.3. The molecule has 9 nitrogen and oxygen atoms in total. The number of hydrogen-bond donors (Lipinski definition) is 2. The normalized spacial score (nSPS) is 10.1. The maximum absolute atomic E-state index is 10.8. The van der Waals surface area contributed by atoms with E-state index in [4.69, 9.17) is 5.73 Å². The number of aliphatic hydroxyl groups is 1. The first-order valence-corrected chi connectivity index (χ1v) is 10.8. The van der Waals surface area contributed by atoms with E-state index < -0.39 is 15.4 Å². The summed E-state index contributed by atoms with van der Waals surface area (Å²) in [6.07, 6.45) is 0. The summed E-state index contributed by atoms with van der Waals surface area (Å²) in [6.45, 7) is 9.03. The number of nitrogens with two attached hydrogens (primary N) is 1. The number of carbonyl (C=O) groups is 1. The van der Waals surface area contributed by atoms with Crippen molar-refractivity contribution < 1.29 is 19.7 Å². The molecule has 0 atom stereocenters. The molecule has 0 bridgehead atoms. The second-order valence-corrected chi connectivity index (χ2v) is 8.54. The molecule has 0 aliphatic heterocycles. The Morgan fingerprint density at radius 2 is 1.22 bits per heavy atom. The summed E-state index contributed by atoms with van der Waals surface area (Å²) in [5, 5.41) is 30.1. The highest BCUT2D eigenvalue weighted by molar-refractivity contribution is 5.94. The van der Waals surface area contributed by atoms with Crippen LogP contribution >= 0.6 is 0 Å². The largest absolute Gasteiger partial charge is 0.399 e. The zero-order valence-corrected chi connectivity index (χ0v) is 20.5. The average molecular weight is 498 g/mol. The molecule has 36 heavy (non-hydrogen) atoms. The van der Waals surface area contributed by atoms with Crippen LogP contribution in [0.1, 0.15) is 69.4 Å². The number of rotatable bonds is 5. The van der Waals surface area contributed by atoms with Crippen LogP contribution in [0.4, 0.5) is 17.1 Å². The first kappa shape index (κ1) is 31.9. The molecule has 0 spiro atoms. The topological polar surface area (TPSA) is 150 Å². The number of nitro groups is 2. The van der Waals surface area contributed by atoms with Gasteiger partial charge in [0.2, 0.25) is 0 Å². The lowest BCUT2D eigenvalue weighted by Crippen LogP contribution is -2.14. The molecule has 0 radical (unpaired) electrons. The van der Waals surface area contributed by atoms with E-state index in [2.05, 4.69) is 26.0 Å². The van der Waals surface area contributed by atoms with Gasteiger partial charge in [-0.2, -0.15) is 0 Å². The molecule has 0 unspecified atom stereocenters. The van der Waals surface area contributed by atoms with Crippen molar-refractivity contribution in [3.05, 3.63) is 110 Å². The highest BCUT2D eigenvalue weighted by Crippen LogP contribution is 2.22. The van der Waals surface area contributed by atoms with Crippen LogP contribution in [0.5, 0.6) is 0 Å². The Morgan fingerprint density at radius 1 is 0.833 bits per heavy atom. The summed E-state index contributed by atoms with van der Waals surface area (Å²) < 4.78 is 0. The third-order valence-electron chi connectivity index (χ3n) is 4.87. The summed E-state index contributed by atoms with van der Waals surface area (Å²) in [6, 6.07) is 19.4. The minimum Gasteiger partial charge on any atom is -0.399 e. The second-order valence-electron chi connectivity index (χ2n) is 8.54. The van der Waals surface area contributed by atoms with Gasteiger partial charge in [0.25, 0.3) is 11.4 Å². The van der Waals surface area contributed by atoms with Crippen molar-refractivity contribution in [2.75, 3.05) is 5.73 Å². The smallest absolute Gasteiger partial charge is 0.269 e. The molecule has 0 fully saturated rings. The standard InChI is InChI=1S/C9H11NO3.C9H13N.C8H7NO3.CH4/c1-9(2,11)7-3-5-8(6-4-7)10(12)13;1-7(2)8-3-5-9(10)6-4-8;1-6(10)7-2-4-8(5-3-7)9(11)12;/h3-6,11H,1-2H3;3-7H,10H2,1-2H3;2-5H,1H3;1H4. The van der Waals surface area contributed by atoms with Gasteiger partial charge in [-0.25, -0.2) is 0 Å². The second kappa shape index (κ2) is 14.3. The average Bonchev–Trinajstić information content (AvgIpc) is 2.79. The van der Waals surface area contributed by atoms with E-state index in [-0.39, 0.29) is 24.6 Å². The van der Waals surface area contributed by atoms with E-state index in [0.717, 1.165) is 5.69 Å². The van der Waals surface area contributed by atoms with Gasteiger partial charge in [0.05, 0.1) is 15.4 Å². The Kier molecular flexibility index (Phi) is 12.7. The molecule has 3 aromatic carbocycles. The molecule has 0 aromatic heterocycles. The van der Waals surface area contributed by atoms with Gasteiger partial charge in [0.1, 0.15) is 0 Å². The summed E-state index contributed by atoms with van der Waals surface area (Å²) in [5.74, 6) is 0.505. The van der Waals surface area contributed by atoms with E-state index in [0.29, 0.717) is 17.0 Å². The van der Waals surface area contributed by atoms with Crippen molar-refractivity contribution in [3.8, 4) is 0 Å². The van der Waals surface area contributed by atoms with Gasteiger partial charge in [-0.1, -0.05) is 33.4 Å². The molecule has 194 valence electrons. The van der Waals surface area contributed by atoms with Gasteiger partial charge in [-0.15, -0.1) is 0 Å².